The lowest BCUT2D eigenvalue weighted by Gasteiger charge is -2.21. The molecule has 0 atom stereocenters. The second-order valence-corrected chi connectivity index (χ2v) is 5.94. The molecule has 1 aliphatic carbocycles. The molecule has 1 aromatic rings. The number of hydrogen-bond acceptors (Lipinski definition) is 3. The molecule has 1 N–H and O–H groups in total. The first-order valence-electron chi connectivity index (χ1n) is 7.44. The van der Waals surface area contributed by atoms with Gasteiger partial charge in [0.2, 0.25) is 0 Å². The van der Waals surface area contributed by atoms with E-state index in [1.807, 2.05) is 4.68 Å². The number of rotatable bonds is 6. The molecule has 19 heavy (non-hydrogen) atoms. The molecule has 0 aromatic carbocycles. The second-order valence-electron chi connectivity index (χ2n) is 5.94. The van der Waals surface area contributed by atoms with E-state index < -0.39 is 0 Å². The molecular weight excluding hydrogens is 238 g/mol. The molecule has 1 saturated carbocycles. The van der Waals surface area contributed by atoms with Crippen molar-refractivity contribution in [2.24, 2.45) is 5.92 Å². The van der Waals surface area contributed by atoms with E-state index in [9.17, 15) is 0 Å². The average Bonchev–Trinajstić information content (AvgIpc) is 2.94. The highest BCUT2D eigenvalue weighted by Gasteiger charge is 2.19. The van der Waals surface area contributed by atoms with Crippen LogP contribution in [0.2, 0.25) is 0 Å². The van der Waals surface area contributed by atoms with Gasteiger partial charge in [-0.05, 0) is 39.7 Å². The molecule has 108 valence electrons. The van der Waals surface area contributed by atoms with Gasteiger partial charge >= 0.3 is 0 Å². The van der Waals surface area contributed by atoms with E-state index in [0.717, 1.165) is 18.2 Å². The molecule has 0 saturated heterocycles. The maximum atomic E-state index is 9.04. The van der Waals surface area contributed by atoms with Crippen LogP contribution >= 0.6 is 0 Å². The number of aliphatic hydroxyl groups is 1. The van der Waals surface area contributed by atoms with Gasteiger partial charge < -0.3 is 10.0 Å². The van der Waals surface area contributed by atoms with E-state index in [0.29, 0.717) is 6.54 Å². The summed E-state index contributed by atoms with van der Waals surface area (Å²) in [5.41, 5.74) is 3.63. The largest absolute Gasteiger partial charge is 0.394 e. The van der Waals surface area contributed by atoms with E-state index in [-0.39, 0.29) is 6.61 Å². The Hall–Kier alpha value is -0.870. The van der Waals surface area contributed by atoms with Gasteiger partial charge in [-0.1, -0.05) is 12.8 Å². The molecule has 1 aromatic heterocycles. The smallest absolute Gasteiger partial charge is 0.0644 e. The standard InChI is InChI=1S/C15H27N3O/c1-12-15(13(2)18(16-12)8-9-19)11-17(3)10-14-6-4-5-7-14/h14,19H,4-11H2,1-3H3. The van der Waals surface area contributed by atoms with Gasteiger partial charge in [0.25, 0.3) is 0 Å². The summed E-state index contributed by atoms with van der Waals surface area (Å²) in [5.74, 6) is 0.887. The Kier molecular flexibility index (Phi) is 4.99. The first kappa shape index (κ1) is 14.5. The number of hydrogen-bond donors (Lipinski definition) is 1. The van der Waals surface area contributed by atoms with Crippen molar-refractivity contribution < 1.29 is 5.11 Å². The van der Waals surface area contributed by atoms with Crippen LogP contribution in [0.15, 0.2) is 0 Å². The molecule has 1 aliphatic rings. The van der Waals surface area contributed by atoms with Gasteiger partial charge in [-0.25, -0.2) is 0 Å². The van der Waals surface area contributed by atoms with Crippen molar-refractivity contribution in [1.29, 1.82) is 0 Å². The highest BCUT2D eigenvalue weighted by atomic mass is 16.3. The summed E-state index contributed by atoms with van der Waals surface area (Å²) >= 11 is 0. The predicted molar refractivity (Wildman–Crippen MR) is 77.1 cm³/mol. The summed E-state index contributed by atoms with van der Waals surface area (Å²) in [5, 5.41) is 13.6. The van der Waals surface area contributed by atoms with Crippen LogP contribution in [-0.2, 0) is 13.1 Å². The summed E-state index contributed by atoms with van der Waals surface area (Å²) in [6.45, 7) is 7.09. The monoisotopic (exact) mass is 265 g/mol. The first-order chi connectivity index (χ1) is 9.11. The van der Waals surface area contributed by atoms with E-state index in [1.54, 1.807) is 0 Å². The fourth-order valence-corrected chi connectivity index (χ4v) is 3.24. The lowest BCUT2D eigenvalue weighted by Crippen LogP contribution is -2.24. The Morgan fingerprint density at radius 2 is 2.00 bits per heavy atom. The highest BCUT2D eigenvalue weighted by Crippen LogP contribution is 2.26. The Morgan fingerprint density at radius 3 is 2.63 bits per heavy atom. The second kappa shape index (κ2) is 6.53. The fraction of sp³-hybridized carbons (Fsp3) is 0.800. The van der Waals surface area contributed by atoms with Crippen LogP contribution in [0.5, 0.6) is 0 Å². The highest BCUT2D eigenvalue weighted by molar-refractivity contribution is 5.24. The average molecular weight is 265 g/mol. The third-order valence-electron chi connectivity index (χ3n) is 4.32. The van der Waals surface area contributed by atoms with Gasteiger partial charge in [-0.15, -0.1) is 0 Å². The topological polar surface area (TPSA) is 41.3 Å². The van der Waals surface area contributed by atoms with Crippen LogP contribution in [0.25, 0.3) is 0 Å². The Morgan fingerprint density at radius 1 is 1.32 bits per heavy atom. The van der Waals surface area contributed by atoms with Gasteiger partial charge in [0.1, 0.15) is 0 Å². The third kappa shape index (κ3) is 3.57. The molecular formula is C15H27N3O. The number of aryl methyl sites for hydroxylation is 1. The van der Waals surface area contributed by atoms with Crippen LogP contribution in [0, 0.1) is 19.8 Å². The SMILES string of the molecule is Cc1nn(CCO)c(C)c1CN(C)CC1CCCC1. The molecule has 2 rings (SSSR count). The zero-order valence-corrected chi connectivity index (χ0v) is 12.5. The van der Waals surface area contributed by atoms with Crippen molar-refractivity contribution in [2.75, 3.05) is 20.2 Å². The maximum Gasteiger partial charge on any atom is 0.0644 e. The molecule has 0 bridgehead atoms. The van der Waals surface area contributed by atoms with Crippen molar-refractivity contribution >= 4 is 0 Å². The zero-order valence-electron chi connectivity index (χ0n) is 12.5. The Bertz CT molecular complexity index is 408. The lowest BCUT2D eigenvalue weighted by molar-refractivity contribution is 0.265. The van der Waals surface area contributed by atoms with E-state index in [4.69, 9.17) is 5.11 Å². The molecule has 4 heteroatoms. The van der Waals surface area contributed by atoms with Crippen LogP contribution in [0.1, 0.15) is 42.6 Å². The van der Waals surface area contributed by atoms with Gasteiger partial charge in [0, 0.05) is 24.3 Å². The minimum absolute atomic E-state index is 0.152. The summed E-state index contributed by atoms with van der Waals surface area (Å²) in [6.07, 6.45) is 5.61. The van der Waals surface area contributed by atoms with Crippen molar-refractivity contribution in [3.05, 3.63) is 17.0 Å². The molecule has 0 spiro atoms. The number of aliphatic hydroxyl groups excluding tert-OH is 1. The van der Waals surface area contributed by atoms with Crippen LogP contribution in [0.3, 0.4) is 0 Å². The quantitative estimate of drug-likeness (QED) is 0.856. The molecule has 0 radical (unpaired) electrons. The van der Waals surface area contributed by atoms with Crippen molar-refractivity contribution in [3.63, 3.8) is 0 Å². The number of nitrogens with zero attached hydrogens (tertiary/aromatic N) is 3. The van der Waals surface area contributed by atoms with E-state index >= 15 is 0 Å². The summed E-state index contributed by atoms with van der Waals surface area (Å²) in [6, 6.07) is 0. The molecule has 0 aliphatic heterocycles. The van der Waals surface area contributed by atoms with Crippen LogP contribution < -0.4 is 0 Å². The van der Waals surface area contributed by atoms with Crippen molar-refractivity contribution in [2.45, 2.75) is 52.6 Å². The maximum absolute atomic E-state index is 9.04. The summed E-state index contributed by atoms with van der Waals surface area (Å²) < 4.78 is 1.92. The van der Waals surface area contributed by atoms with Gasteiger partial charge in [-0.3, -0.25) is 4.68 Å². The van der Waals surface area contributed by atoms with Gasteiger partial charge in [0.05, 0.1) is 18.8 Å². The molecule has 1 heterocycles. The van der Waals surface area contributed by atoms with Crippen molar-refractivity contribution in [1.82, 2.24) is 14.7 Å². The van der Waals surface area contributed by atoms with E-state index in [1.165, 1.54) is 43.5 Å². The Labute approximate surface area is 116 Å². The van der Waals surface area contributed by atoms with Gasteiger partial charge in [0.15, 0.2) is 0 Å². The predicted octanol–water partition coefficient (Wildman–Crippen LogP) is 2.11. The lowest BCUT2D eigenvalue weighted by atomic mass is 10.1. The minimum Gasteiger partial charge on any atom is -0.394 e. The van der Waals surface area contributed by atoms with E-state index in [2.05, 4.69) is 30.9 Å². The molecule has 0 amide bonds. The number of aromatic nitrogens is 2. The summed E-state index contributed by atoms with van der Waals surface area (Å²) in [7, 11) is 2.21. The first-order valence-corrected chi connectivity index (χ1v) is 7.44. The van der Waals surface area contributed by atoms with Crippen LogP contribution in [-0.4, -0.2) is 40.0 Å². The van der Waals surface area contributed by atoms with Crippen LogP contribution in [0.4, 0.5) is 0 Å². The third-order valence-corrected chi connectivity index (χ3v) is 4.32. The fourth-order valence-electron chi connectivity index (χ4n) is 3.24. The molecule has 0 unspecified atom stereocenters. The van der Waals surface area contributed by atoms with Crippen molar-refractivity contribution in [3.8, 4) is 0 Å². The zero-order chi connectivity index (χ0) is 13.8. The van der Waals surface area contributed by atoms with Gasteiger partial charge in [-0.2, -0.15) is 5.10 Å². The Balaban J connectivity index is 1.97. The normalized spacial score (nSPS) is 16.7. The minimum atomic E-state index is 0.152. The molecule has 1 fully saturated rings. The molecule has 4 nitrogen and oxygen atoms in total. The summed E-state index contributed by atoms with van der Waals surface area (Å²) in [4.78, 5) is 2.43.